The second-order valence-corrected chi connectivity index (χ2v) is 7.03. The van der Waals surface area contributed by atoms with Crippen molar-refractivity contribution < 1.29 is 9.26 Å². The maximum Gasteiger partial charge on any atom is 0.156 e. The van der Waals surface area contributed by atoms with E-state index in [9.17, 15) is 0 Å². The van der Waals surface area contributed by atoms with Crippen LogP contribution in [-0.4, -0.2) is 40.6 Å². The van der Waals surface area contributed by atoms with Crippen molar-refractivity contribution in [2.24, 2.45) is 0 Å². The molecular formula is C21H25N5O2. The number of hydrogen-bond donors (Lipinski definition) is 1. The molecule has 146 valence electrons. The predicted molar refractivity (Wildman–Crippen MR) is 107 cm³/mol. The monoisotopic (exact) mass is 379 g/mol. The highest BCUT2D eigenvalue weighted by molar-refractivity contribution is 5.41. The molecule has 2 aromatic heterocycles. The maximum atomic E-state index is 5.33. The van der Waals surface area contributed by atoms with Crippen LogP contribution in [0.15, 0.2) is 53.2 Å². The summed E-state index contributed by atoms with van der Waals surface area (Å²) >= 11 is 0. The molecule has 0 radical (unpaired) electrons. The molecule has 0 bridgehead atoms. The Balaban J connectivity index is 1.35. The minimum atomic E-state index is 0.699. The molecule has 0 atom stereocenters. The van der Waals surface area contributed by atoms with Crippen molar-refractivity contribution in [3.05, 3.63) is 71.4 Å². The zero-order valence-electron chi connectivity index (χ0n) is 16.3. The molecule has 4 rings (SSSR count). The minimum absolute atomic E-state index is 0.699. The van der Waals surface area contributed by atoms with Gasteiger partial charge in [0, 0.05) is 18.7 Å². The number of anilines is 1. The van der Waals surface area contributed by atoms with Gasteiger partial charge in [0.1, 0.15) is 11.6 Å². The standard InChI is InChI=1S/C21H25N5O2/c1-16-11-20(28-24-16)14-25-9-4-10-26(15-25)21-13-18(22-23-21)8-7-17-5-3-6-19(12-17)27-2/h3-6,9,11-13H,7-8,10,14-15H2,1-2H3,(H,22,23). The molecule has 0 saturated carbocycles. The van der Waals surface area contributed by atoms with Crippen LogP contribution >= 0.6 is 0 Å². The summed E-state index contributed by atoms with van der Waals surface area (Å²) < 4.78 is 10.6. The molecule has 3 aromatic rings. The average molecular weight is 379 g/mol. The number of methoxy groups -OCH3 is 1. The van der Waals surface area contributed by atoms with Crippen LogP contribution < -0.4 is 9.64 Å². The number of nitrogens with one attached hydrogen (secondary N) is 1. The highest BCUT2D eigenvalue weighted by Gasteiger charge is 2.16. The number of H-pyrrole nitrogens is 1. The lowest BCUT2D eigenvalue weighted by atomic mass is 10.1. The first-order chi connectivity index (χ1) is 13.7. The number of rotatable bonds is 7. The van der Waals surface area contributed by atoms with Crippen LogP contribution in [-0.2, 0) is 19.4 Å². The highest BCUT2D eigenvalue weighted by atomic mass is 16.5. The summed E-state index contributed by atoms with van der Waals surface area (Å²) in [7, 11) is 1.69. The largest absolute Gasteiger partial charge is 0.497 e. The third-order valence-electron chi connectivity index (χ3n) is 4.79. The van der Waals surface area contributed by atoms with Gasteiger partial charge < -0.3 is 19.1 Å². The molecule has 0 fully saturated rings. The van der Waals surface area contributed by atoms with E-state index in [1.165, 1.54) is 5.56 Å². The van der Waals surface area contributed by atoms with Crippen LogP contribution in [0.25, 0.3) is 0 Å². The molecule has 0 aliphatic carbocycles. The number of aromatic amines is 1. The van der Waals surface area contributed by atoms with Crippen molar-refractivity contribution >= 4 is 5.82 Å². The smallest absolute Gasteiger partial charge is 0.156 e. The maximum absolute atomic E-state index is 5.33. The van der Waals surface area contributed by atoms with Gasteiger partial charge in [0.2, 0.25) is 0 Å². The van der Waals surface area contributed by atoms with Crippen molar-refractivity contribution in [1.29, 1.82) is 0 Å². The van der Waals surface area contributed by atoms with Gasteiger partial charge in [0.15, 0.2) is 5.76 Å². The Hall–Kier alpha value is -3.22. The Bertz CT molecular complexity index is 946. The van der Waals surface area contributed by atoms with Gasteiger partial charge in [0.05, 0.1) is 31.7 Å². The molecule has 3 heterocycles. The van der Waals surface area contributed by atoms with Gasteiger partial charge >= 0.3 is 0 Å². The van der Waals surface area contributed by atoms with Crippen LogP contribution in [0.3, 0.4) is 0 Å². The Morgan fingerprint density at radius 3 is 2.96 bits per heavy atom. The van der Waals surface area contributed by atoms with E-state index in [2.05, 4.69) is 55.6 Å². The molecule has 0 spiro atoms. The first-order valence-electron chi connectivity index (χ1n) is 9.44. The van der Waals surface area contributed by atoms with Crippen molar-refractivity contribution in [1.82, 2.24) is 20.3 Å². The topological polar surface area (TPSA) is 70.4 Å². The van der Waals surface area contributed by atoms with E-state index >= 15 is 0 Å². The quantitative estimate of drug-likeness (QED) is 0.679. The first kappa shape index (κ1) is 18.2. The number of ether oxygens (including phenoxy) is 1. The van der Waals surface area contributed by atoms with E-state index in [1.807, 2.05) is 25.1 Å². The lowest BCUT2D eigenvalue weighted by Crippen LogP contribution is -2.38. The lowest BCUT2D eigenvalue weighted by Gasteiger charge is -2.32. The molecule has 7 heteroatoms. The first-order valence-corrected chi connectivity index (χ1v) is 9.44. The molecule has 0 amide bonds. The molecule has 0 unspecified atom stereocenters. The summed E-state index contributed by atoms with van der Waals surface area (Å²) in [5, 5.41) is 11.6. The van der Waals surface area contributed by atoms with Gasteiger partial charge in [-0.3, -0.25) is 5.10 Å². The highest BCUT2D eigenvalue weighted by Crippen LogP contribution is 2.19. The van der Waals surface area contributed by atoms with Crippen LogP contribution in [0.4, 0.5) is 5.82 Å². The van der Waals surface area contributed by atoms with E-state index in [0.29, 0.717) is 6.54 Å². The van der Waals surface area contributed by atoms with E-state index in [0.717, 1.165) is 54.8 Å². The Kier molecular flexibility index (Phi) is 5.32. The third-order valence-corrected chi connectivity index (χ3v) is 4.79. The molecule has 28 heavy (non-hydrogen) atoms. The number of aryl methyl sites for hydroxylation is 3. The number of aromatic nitrogens is 3. The van der Waals surface area contributed by atoms with E-state index in [1.54, 1.807) is 7.11 Å². The summed E-state index contributed by atoms with van der Waals surface area (Å²) in [5.41, 5.74) is 3.21. The number of hydrogen-bond acceptors (Lipinski definition) is 6. The minimum Gasteiger partial charge on any atom is -0.497 e. The van der Waals surface area contributed by atoms with Crippen molar-refractivity contribution in [3.8, 4) is 5.75 Å². The summed E-state index contributed by atoms with van der Waals surface area (Å²) in [6.45, 7) is 4.25. The number of benzene rings is 1. The summed E-state index contributed by atoms with van der Waals surface area (Å²) in [6.07, 6.45) is 6.06. The van der Waals surface area contributed by atoms with Crippen molar-refractivity contribution in [3.63, 3.8) is 0 Å². The second kappa shape index (κ2) is 8.21. The fourth-order valence-electron chi connectivity index (χ4n) is 3.36. The van der Waals surface area contributed by atoms with Crippen molar-refractivity contribution in [2.75, 3.05) is 25.2 Å². The summed E-state index contributed by atoms with van der Waals surface area (Å²) in [6, 6.07) is 12.3. The molecule has 7 nitrogen and oxygen atoms in total. The van der Waals surface area contributed by atoms with Gasteiger partial charge in [-0.1, -0.05) is 17.3 Å². The van der Waals surface area contributed by atoms with Gasteiger partial charge in [-0.25, -0.2) is 0 Å². The van der Waals surface area contributed by atoms with Gasteiger partial charge in [0.25, 0.3) is 0 Å². The molecule has 1 aliphatic rings. The molecule has 1 aliphatic heterocycles. The fraction of sp³-hybridized carbons (Fsp3) is 0.333. The second-order valence-electron chi connectivity index (χ2n) is 7.03. The van der Waals surface area contributed by atoms with Gasteiger partial charge in [-0.05, 0) is 49.7 Å². The van der Waals surface area contributed by atoms with Crippen LogP contribution in [0.1, 0.15) is 22.7 Å². The third kappa shape index (κ3) is 4.36. The van der Waals surface area contributed by atoms with E-state index < -0.39 is 0 Å². The fourth-order valence-corrected chi connectivity index (χ4v) is 3.36. The lowest BCUT2D eigenvalue weighted by molar-refractivity contribution is 0.289. The van der Waals surface area contributed by atoms with Gasteiger partial charge in [-0.2, -0.15) is 5.10 Å². The van der Waals surface area contributed by atoms with Gasteiger partial charge in [-0.15, -0.1) is 0 Å². The zero-order valence-corrected chi connectivity index (χ0v) is 16.3. The summed E-state index contributed by atoms with van der Waals surface area (Å²) in [4.78, 5) is 4.45. The Morgan fingerprint density at radius 1 is 1.21 bits per heavy atom. The molecule has 1 N–H and O–H groups in total. The zero-order chi connectivity index (χ0) is 19.3. The van der Waals surface area contributed by atoms with E-state index in [4.69, 9.17) is 9.26 Å². The number of nitrogens with zero attached hydrogens (tertiary/aromatic N) is 4. The molecule has 0 saturated heterocycles. The molecule has 1 aromatic carbocycles. The van der Waals surface area contributed by atoms with E-state index in [-0.39, 0.29) is 0 Å². The van der Waals surface area contributed by atoms with Crippen LogP contribution in [0.5, 0.6) is 5.75 Å². The summed E-state index contributed by atoms with van der Waals surface area (Å²) in [5.74, 6) is 2.79. The van der Waals surface area contributed by atoms with Crippen LogP contribution in [0, 0.1) is 6.92 Å². The normalized spacial score (nSPS) is 13.9. The Morgan fingerprint density at radius 2 is 2.14 bits per heavy atom. The molecular weight excluding hydrogens is 354 g/mol. The van der Waals surface area contributed by atoms with Crippen molar-refractivity contribution in [2.45, 2.75) is 26.3 Å². The average Bonchev–Trinajstić information content (AvgIpc) is 3.36. The Labute approximate surface area is 164 Å². The predicted octanol–water partition coefficient (Wildman–Crippen LogP) is 3.29. The van der Waals surface area contributed by atoms with Crippen LogP contribution in [0.2, 0.25) is 0 Å². The SMILES string of the molecule is COc1cccc(CCc2cc(N3CC=CN(Cc4cc(C)no4)C3)[nH]n2)c1.